The van der Waals surface area contributed by atoms with Gasteiger partial charge in [-0.2, -0.15) is 0 Å². The molecule has 1 unspecified atom stereocenters. The number of carboxylic acid groups (broad SMARTS) is 1. The summed E-state index contributed by atoms with van der Waals surface area (Å²) >= 11 is 0. The Bertz CT molecular complexity index is 267. The molecule has 92 valence electrons. The maximum atomic E-state index is 10.7. The molecule has 0 rings (SSSR count). The molecule has 0 spiro atoms. The van der Waals surface area contributed by atoms with Gasteiger partial charge >= 0.3 is 5.97 Å². The second kappa shape index (κ2) is 7.63. The highest BCUT2D eigenvalue weighted by molar-refractivity contribution is 5.82. The Balaban J connectivity index is 3.72. The Morgan fingerprint density at radius 2 is 2.00 bits per heavy atom. The molecular weight excluding hydrogens is 214 g/mol. The zero-order valence-electron chi connectivity index (χ0n) is 9.16. The Morgan fingerprint density at radius 3 is 2.44 bits per heavy atom. The van der Waals surface area contributed by atoms with Gasteiger partial charge < -0.3 is 21.5 Å². The number of carbonyl (C=O) groups is 3. The van der Waals surface area contributed by atoms with Crippen molar-refractivity contribution in [2.75, 3.05) is 13.1 Å². The maximum absolute atomic E-state index is 10.7. The zero-order chi connectivity index (χ0) is 12.6. The van der Waals surface area contributed by atoms with Gasteiger partial charge in [-0.05, 0) is 13.0 Å². The highest BCUT2D eigenvalue weighted by atomic mass is 16.4. The van der Waals surface area contributed by atoms with Crippen molar-refractivity contribution in [1.29, 1.82) is 0 Å². The number of rotatable bonds is 8. The Morgan fingerprint density at radius 1 is 1.38 bits per heavy atom. The minimum atomic E-state index is -1.10. The lowest BCUT2D eigenvalue weighted by Crippen LogP contribution is -2.46. The summed E-state index contributed by atoms with van der Waals surface area (Å²) < 4.78 is 0. The van der Waals surface area contributed by atoms with Gasteiger partial charge in [-0.15, -0.1) is 0 Å². The molecule has 0 aliphatic carbocycles. The summed E-state index contributed by atoms with van der Waals surface area (Å²) in [7, 11) is 0. The molecule has 0 fully saturated rings. The standard InChI is InChI=1S/C9H17N3O4/c1-6(13)12-7(9(15)16)5-11-4-2-3-8(10)14/h7,11H,2-5H2,1H3,(H2,10,14)(H,12,13)(H,15,16). The van der Waals surface area contributed by atoms with E-state index >= 15 is 0 Å². The average molecular weight is 231 g/mol. The predicted molar refractivity (Wildman–Crippen MR) is 56.5 cm³/mol. The average Bonchev–Trinajstić information content (AvgIpc) is 2.14. The van der Waals surface area contributed by atoms with Gasteiger partial charge in [0.25, 0.3) is 0 Å². The fourth-order valence-electron chi connectivity index (χ4n) is 1.08. The smallest absolute Gasteiger partial charge is 0.327 e. The summed E-state index contributed by atoms with van der Waals surface area (Å²) in [4.78, 5) is 31.7. The number of primary amides is 1. The molecule has 0 aromatic heterocycles. The van der Waals surface area contributed by atoms with E-state index < -0.39 is 23.8 Å². The van der Waals surface area contributed by atoms with Crippen LogP contribution in [0.15, 0.2) is 0 Å². The summed E-state index contributed by atoms with van der Waals surface area (Å²) in [6.45, 7) is 1.85. The van der Waals surface area contributed by atoms with Crippen LogP contribution >= 0.6 is 0 Å². The Labute approximate surface area is 93.4 Å². The lowest BCUT2D eigenvalue weighted by atomic mass is 10.2. The summed E-state index contributed by atoms with van der Waals surface area (Å²) in [6.07, 6.45) is 0.798. The quantitative estimate of drug-likeness (QED) is 0.376. The normalized spacial score (nSPS) is 11.8. The third-order valence-corrected chi connectivity index (χ3v) is 1.80. The first-order chi connectivity index (χ1) is 7.43. The molecule has 0 aromatic carbocycles. The minimum absolute atomic E-state index is 0.119. The molecular formula is C9H17N3O4. The second-order valence-electron chi connectivity index (χ2n) is 3.37. The van der Waals surface area contributed by atoms with Gasteiger partial charge in [0.15, 0.2) is 0 Å². The van der Waals surface area contributed by atoms with E-state index in [-0.39, 0.29) is 13.0 Å². The highest BCUT2D eigenvalue weighted by Gasteiger charge is 2.17. The fourth-order valence-corrected chi connectivity index (χ4v) is 1.08. The fraction of sp³-hybridized carbons (Fsp3) is 0.667. The van der Waals surface area contributed by atoms with Crippen molar-refractivity contribution in [3.05, 3.63) is 0 Å². The lowest BCUT2D eigenvalue weighted by Gasteiger charge is -2.13. The highest BCUT2D eigenvalue weighted by Crippen LogP contribution is 1.86. The molecule has 0 saturated carbocycles. The van der Waals surface area contributed by atoms with Crippen LogP contribution in [0.3, 0.4) is 0 Å². The van der Waals surface area contributed by atoms with E-state index in [4.69, 9.17) is 10.8 Å². The van der Waals surface area contributed by atoms with Crippen LogP contribution in [0, 0.1) is 0 Å². The molecule has 16 heavy (non-hydrogen) atoms. The SMILES string of the molecule is CC(=O)NC(CNCCCC(N)=O)C(=O)O. The number of carboxylic acids is 1. The number of aliphatic carboxylic acids is 1. The van der Waals surface area contributed by atoms with E-state index in [1.165, 1.54) is 6.92 Å². The Hall–Kier alpha value is -1.63. The van der Waals surface area contributed by atoms with Crippen molar-refractivity contribution in [2.45, 2.75) is 25.8 Å². The minimum Gasteiger partial charge on any atom is -0.480 e. The first-order valence-electron chi connectivity index (χ1n) is 4.92. The van der Waals surface area contributed by atoms with Crippen molar-refractivity contribution < 1.29 is 19.5 Å². The van der Waals surface area contributed by atoms with Crippen LogP contribution in [0.2, 0.25) is 0 Å². The van der Waals surface area contributed by atoms with Crippen molar-refractivity contribution in [3.63, 3.8) is 0 Å². The predicted octanol–water partition coefficient (Wildman–Crippen LogP) is -1.57. The van der Waals surface area contributed by atoms with Gasteiger partial charge in [0, 0.05) is 19.9 Å². The summed E-state index contributed by atoms with van der Waals surface area (Å²) in [5, 5.41) is 13.8. The molecule has 7 heteroatoms. The topological polar surface area (TPSA) is 122 Å². The molecule has 0 aliphatic rings. The van der Waals surface area contributed by atoms with Gasteiger partial charge in [0.2, 0.25) is 11.8 Å². The largest absolute Gasteiger partial charge is 0.480 e. The van der Waals surface area contributed by atoms with E-state index in [9.17, 15) is 14.4 Å². The van der Waals surface area contributed by atoms with Gasteiger partial charge in [-0.3, -0.25) is 9.59 Å². The number of nitrogens with one attached hydrogen (secondary N) is 2. The van der Waals surface area contributed by atoms with E-state index in [1.807, 2.05) is 0 Å². The van der Waals surface area contributed by atoms with Crippen molar-refractivity contribution in [2.24, 2.45) is 5.73 Å². The molecule has 5 N–H and O–H groups in total. The monoisotopic (exact) mass is 231 g/mol. The van der Waals surface area contributed by atoms with Crippen LogP contribution in [0.1, 0.15) is 19.8 Å². The van der Waals surface area contributed by atoms with E-state index in [2.05, 4.69) is 10.6 Å². The summed E-state index contributed by atoms with van der Waals surface area (Å²) in [5.41, 5.74) is 4.93. The second-order valence-corrected chi connectivity index (χ2v) is 3.37. The van der Waals surface area contributed by atoms with E-state index in [0.717, 1.165) is 0 Å². The van der Waals surface area contributed by atoms with Gasteiger partial charge in [-0.25, -0.2) is 4.79 Å². The maximum Gasteiger partial charge on any atom is 0.327 e. The molecule has 1 atom stereocenters. The lowest BCUT2D eigenvalue weighted by molar-refractivity contribution is -0.141. The Kier molecular flexibility index (Phi) is 6.86. The number of carbonyl (C=O) groups excluding carboxylic acids is 2. The van der Waals surface area contributed by atoms with Crippen molar-refractivity contribution >= 4 is 17.8 Å². The van der Waals surface area contributed by atoms with Crippen LogP contribution in [0.4, 0.5) is 0 Å². The van der Waals surface area contributed by atoms with Crippen LogP contribution < -0.4 is 16.4 Å². The molecule has 0 saturated heterocycles. The molecule has 0 heterocycles. The zero-order valence-corrected chi connectivity index (χ0v) is 9.16. The van der Waals surface area contributed by atoms with Crippen LogP contribution in [-0.4, -0.2) is 42.0 Å². The summed E-state index contributed by atoms with van der Waals surface area (Å²) in [5.74, 6) is -1.89. The van der Waals surface area contributed by atoms with E-state index in [1.54, 1.807) is 0 Å². The summed E-state index contributed by atoms with van der Waals surface area (Å²) in [6, 6.07) is -0.953. The van der Waals surface area contributed by atoms with Gasteiger partial charge in [0.05, 0.1) is 0 Å². The third kappa shape index (κ3) is 7.74. The van der Waals surface area contributed by atoms with Crippen molar-refractivity contribution in [3.8, 4) is 0 Å². The molecule has 0 radical (unpaired) electrons. The first kappa shape index (κ1) is 14.4. The number of hydrogen-bond acceptors (Lipinski definition) is 4. The number of nitrogens with two attached hydrogens (primary N) is 1. The third-order valence-electron chi connectivity index (χ3n) is 1.80. The van der Waals surface area contributed by atoms with Gasteiger partial charge in [0.1, 0.15) is 6.04 Å². The molecule has 0 aliphatic heterocycles. The van der Waals surface area contributed by atoms with Crippen LogP contribution in [0.25, 0.3) is 0 Å². The molecule has 0 bridgehead atoms. The number of hydrogen-bond donors (Lipinski definition) is 4. The van der Waals surface area contributed by atoms with Crippen molar-refractivity contribution in [1.82, 2.24) is 10.6 Å². The van der Waals surface area contributed by atoms with Gasteiger partial charge in [-0.1, -0.05) is 0 Å². The molecule has 7 nitrogen and oxygen atoms in total. The van der Waals surface area contributed by atoms with Crippen LogP contribution in [-0.2, 0) is 14.4 Å². The molecule has 2 amide bonds. The number of amides is 2. The van der Waals surface area contributed by atoms with Crippen LogP contribution in [0.5, 0.6) is 0 Å². The molecule has 0 aromatic rings. The van der Waals surface area contributed by atoms with E-state index in [0.29, 0.717) is 13.0 Å². The first-order valence-corrected chi connectivity index (χ1v) is 4.92.